The van der Waals surface area contributed by atoms with Crippen LogP contribution in [0.2, 0.25) is 0 Å². The standard InChI is InChI=1S/C19H32N2O5/c1-10-6-11-4-5-12-7-15(19(2,3)25)26-17(12)13(11)9-21(10)14(18(23)24)8-16(20)22/h10-15,17,25H,4-9H2,1-3H3,(H2,20,22)(H,23,24). The van der Waals surface area contributed by atoms with Crippen molar-refractivity contribution in [2.24, 2.45) is 23.5 Å². The fraction of sp³-hybridized carbons (Fsp3) is 0.895. The average Bonchev–Trinajstić information content (AvgIpc) is 2.96. The Morgan fingerprint density at radius 3 is 2.54 bits per heavy atom. The highest BCUT2D eigenvalue weighted by Gasteiger charge is 2.53. The molecule has 2 heterocycles. The van der Waals surface area contributed by atoms with Crippen LogP contribution in [0.5, 0.6) is 0 Å². The van der Waals surface area contributed by atoms with E-state index in [-0.39, 0.29) is 30.6 Å². The first-order valence-corrected chi connectivity index (χ1v) is 9.80. The molecule has 2 aliphatic heterocycles. The fourth-order valence-corrected chi connectivity index (χ4v) is 5.57. The lowest BCUT2D eigenvalue weighted by Crippen LogP contribution is -3.22. The van der Waals surface area contributed by atoms with Gasteiger partial charge >= 0.3 is 0 Å². The van der Waals surface area contributed by atoms with Crippen LogP contribution in [0.25, 0.3) is 0 Å². The minimum absolute atomic E-state index is 0.0589. The van der Waals surface area contributed by atoms with Crippen LogP contribution < -0.4 is 15.7 Å². The van der Waals surface area contributed by atoms with Crippen LogP contribution >= 0.6 is 0 Å². The molecule has 4 N–H and O–H groups in total. The number of nitrogens with two attached hydrogens (primary N) is 1. The maximum absolute atomic E-state index is 11.6. The Kier molecular flexibility index (Phi) is 5.34. The first-order valence-electron chi connectivity index (χ1n) is 9.80. The number of amides is 1. The molecule has 8 unspecified atom stereocenters. The zero-order chi connectivity index (χ0) is 19.2. The van der Waals surface area contributed by atoms with Crippen molar-refractivity contribution in [3.63, 3.8) is 0 Å². The van der Waals surface area contributed by atoms with Gasteiger partial charge in [-0.05, 0) is 51.9 Å². The topological polar surface area (TPSA) is 117 Å². The number of fused-ring (bicyclic) bond motifs is 3. The van der Waals surface area contributed by atoms with Gasteiger partial charge in [0.25, 0.3) is 0 Å². The SMILES string of the molecule is CC1CC2CCC3CC(C(C)(C)O)OC3C2C[NH+]1C(CC(N)=O)C(=O)[O-]. The molecule has 3 rings (SSSR count). The van der Waals surface area contributed by atoms with Crippen molar-refractivity contribution >= 4 is 11.9 Å². The molecule has 7 heteroatoms. The number of carboxylic acids is 1. The van der Waals surface area contributed by atoms with Crippen LogP contribution in [-0.2, 0) is 14.3 Å². The number of aliphatic hydroxyl groups is 1. The van der Waals surface area contributed by atoms with Crippen molar-refractivity contribution < 1.29 is 29.4 Å². The third kappa shape index (κ3) is 3.75. The van der Waals surface area contributed by atoms with Crippen molar-refractivity contribution in [1.82, 2.24) is 0 Å². The van der Waals surface area contributed by atoms with E-state index in [1.54, 1.807) is 13.8 Å². The molecule has 148 valence electrons. The molecule has 26 heavy (non-hydrogen) atoms. The highest BCUT2D eigenvalue weighted by molar-refractivity contribution is 5.81. The Balaban J connectivity index is 1.78. The van der Waals surface area contributed by atoms with Gasteiger partial charge in [0.2, 0.25) is 5.91 Å². The van der Waals surface area contributed by atoms with E-state index in [1.807, 2.05) is 6.92 Å². The highest BCUT2D eigenvalue weighted by atomic mass is 16.5. The van der Waals surface area contributed by atoms with Crippen LogP contribution in [0.4, 0.5) is 0 Å². The molecule has 0 aromatic carbocycles. The molecule has 8 atom stereocenters. The summed E-state index contributed by atoms with van der Waals surface area (Å²) in [7, 11) is 0. The summed E-state index contributed by atoms with van der Waals surface area (Å²) in [5.74, 6) is -0.645. The summed E-state index contributed by atoms with van der Waals surface area (Å²) in [6, 6.07) is -0.767. The maximum atomic E-state index is 11.6. The molecule has 0 aromatic rings. The van der Waals surface area contributed by atoms with Crippen molar-refractivity contribution in [1.29, 1.82) is 0 Å². The Bertz CT molecular complexity index is 561. The number of primary amides is 1. The predicted molar refractivity (Wildman–Crippen MR) is 91.8 cm³/mol. The third-order valence-electron chi connectivity index (χ3n) is 6.92. The predicted octanol–water partition coefficient (Wildman–Crippen LogP) is -1.77. The molecule has 2 saturated heterocycles. The number of hydrogen-bond donors (Lipinski definition) is 3. The minimum atomic E-state index is -1.21. The Morgan fingerprint density at radius 2 is 1.96 bits per heavy atom. The number of likely N-dealkylation sites (tertiary alicyclic amines) is 1. The molecular weight excluding hydrogens is 336 g/mol. The van der Waals surface area contributed by atoms with Crippen LogP contribution in [0.15, 0.2) is 0 Å². The van der Waals surface area contributed by atoms with E-state index in [0.717, 1.165) is 30.6 Å². The van der Waals surface area contributed by atoms with Crippen LogP contribution in [-0.4, -0.2) is 53.4 Å². The average molecular weight is 368 g/mol. The summed E-state index contributed by atoms with van der Waals surface area (Å²) >= 11 is 0. The van der Waals surface area contributed by atoms with Gasteiger partial charge < -0.3 is 30.4 Å². The molecule has 0 radical (unpaired) electrons. The third-order valence-corrected chi connectivity index (χ3v) is 6.92. The Hall–Kier alpha value is -1.18. The molecule has 0 spiro atoms. The van der Waals surface area contributed by atoms with Gasteiger partial charge in [-0.1, -0.05) is 0 Å². The summed E-state index contributed by atoms with van der Waals surface area (Å²) in [4.78, 5) is 23.9. The monoisotopic (exact) mass is 368 g/mol. The highest BCUT2D eigenvalue weighted by Crippen LogP contribution is 2.47. The number of ether oxygens (including phenoxy) is 1. The van der Waals surface area contributed by atoms with E-state index in [2.05, 4.69) is 0 Å². The van der Waals surface area contributed by atoms with Gasteiger partial charge in [0.15, 0.2) is 0 Å². The van der Waals surface area contributed by atoms with Gasteiger partial charge in [0, 0.05) is 12.3 Å². The molecule has 3 fully saturated rings. The molecular formula is C19H32N2O5. The van der Waals surface area contributed by atoms with Gasteiger partial charge in [0.05, 0.1) is 42.8 Å². The van der Waals surface area contributed by atoms with E-state index in [9.17, 15) is 19.8 Å². The first kappa shape index (κ1) is 19.6. The molecule has 0 aromatic heterocycles. The van der Waals surface area contributed by atoms with E-state index >= 15 is 0 Å². The van der Waals surface area contributed by atoms with Crippen molar-refractivity contribution in [2.75, 3.05) is 6.54 Å². The second-order valence-electron chi connectivity index (χ2n) is 9.20. The number of piperidine rings is 1. The largest absolute Gasteiger partial charge is 0.544 e. The van der Waals surface area contributed by atoms with Crippen LogP contribution in [0, 0.1) is 17.8 Å². The van der Waals surface area contributed by atoms with Gasteiger partial charge in [-0.2, -0.15) is 0 Å². The number of carbonyl (C=O) groups excluding carboxylic acids is 2. The minimum Gasteiger partial charge on any atom is -0.544 e. The van der Waals surface area contributed by atoms with Crippen molar-refractivity contribution in [3.8, 4) is 0 Å². The molecule has 0 bridgehead atoms. The van der Waals surface area contributed by atoms with Crippen LogP contribution in [0.3, 0.4) is 0 Å². The number of hydrogen-bond acceptors (Lipinski definition) is 5. The van der Waals surface area contributed by atoms with E-state index in [1.165, 1.54) is 0 Å². The van der Waals surface area contributed by atoms with Gasteiger partial charge in [-0.3, -0.25) is 4.79 Å². The van der Waals surface area contributed by atoms with E-state index in [4.69, 9.17) is 10.5 Å². The lowest BCUT2D eigenvalue weighted by Gasteiger charge is -2.48. The molecule has 1 aliphatic carbocycles. The summed E-state index contributed by atoms with van der Waals surface area (Å²) in [6.45, 7) is 6.26. The zero-order valence-corrected chi connectivity index (χ0v) is 15.9. The maximum Gasteiger partial charge on any atom is 0.223 e. The number of aliphatic carboxylic acids is 1. The summed E-state index contributed by atoms with van der Waals surface area (Å²) in [6.07, 6.45) is 3.68. The normalized spacial score (nSPS) is 41.2. The number of carbonyl (C=O) groups is 2. The Morgan fingerprint density at radius 1 is 1.31 bits per heavy atom. The van der Waals surface area contributed by atoms with Crippen molar-refractivity contribution in [2.45, 2.75) is 82.8 Å². The summed E-state index contributed by atoms with van der Waals surface area (Å²) < 4.78 is 6.29. The number of quaternary nitrogens is 1. The number of nitrogens with one attached hydrogen (secondary N) is 1. The van der Waals surface area contributed by atoms with Gasteiger partial charge in [-0.15, -0.1) is 0 Å². The van der Waals surface area contributed by atoms with Crippen LogP contribution in [0.1, 0.15) is 52.9 Å². The summed E-state index contributed by atoms with van der Waals surface area (Å²) in [5.41, 5.74) is 4.40. The summed E-state index contributed by atoms with van der Waals surface area (Å²) in [5, 5.41) is 22.0. The second kappa shape index (κ2) is 7.09. The molecule has 1 amide bonds. The molecule has 3 aliphatic rings. The van der Waals surface area contributed by atoms with E-state index in [0.29, 0.717) is 18.4 Å². The smallest absolute Gasteiger partial charge is 0.223 e. The Labute approximate surface area is 154 Å². The second-order valence-corrected chi connectivity index (χ2v) is 9.20. The first-order chi connectivity index (χ1) is 12.1. The van der Waals surface area contributed by atoms with Gasteiger partial charge in [-0.25, -0.2) is 0 Å². The van der Waals surface area contributed by atoms with Gasteiger partial charge in [0.1, 0.15) is 6.04 Å². The van der Waals surface area contributed by atoms with Crippen molar-refractivity contribution in [3.05, 3.63) is 0 Å². The number of carboxylic acid groups (broad SMARTS) is 1. The zero-order valence-electron chi connectivity index (χ0n) is 15.9. The lowest BCUT2D eigenvalue weighted by atomic mass is 9.67. The molecule has 7 nitrogen and oxygen atoms in total. The molecule has 1 saturated carbocycles. The lowest BCUT2D eigenvalue weighted by molar-refractivity contribution is -0.951. The van der Waals surface area contributed by atoms with E-state index < -0.39 is 23.5 Å². The fourth-order valence-electron chi connectivity index (χ4n) is 5.57. The number of rotatable bonds is 5. The quantitative estimate of drug-likeness (QED) is 0.531.